The van der Waals surface area contributed by atoms with Gasteiger partial charge in [-0.3, -0.25) is 0 Å². The van der Waals surface area contributed by atoms with Crippen LogP contribution in [-0.2, 0) is 6.18 Å². The Hall–Kier alpha value is -2.05. The second-order valence-electron chi connectivity index (χ2n) is 3.50. The minimum Gasteiger partial charge on any atom is -0.472 e. The SMILES string of the molecule is CCNc1cc(-c2ccoc2)nc(C(F)(F)F)n1. The Balaban J connectivity index is 2.50. The zero-order chi connectivity index (χ0) is 13.2. The maximum Gasteiger partial charge on any atom is 0.451 e. The highest BCUT2D eigenvalue weighted by molar-refractivity contribution is 5.61. The van der Waals surface area contributed by atoms with Gasteiger partial charge in [0.05, 0.1) is 18.2 Å². The molecule has 96 valence electrons. The third-order valence-corrected chi connectivity index (χ3v) is 2.15. The molecule has 2 heterocycles. The van der Waals surface area contributed by atoms with Gasteiger partial charge < -0.3 is 9.73 Å². The Labute approximate surface area is 101 Å². The molecule has 0 aliphatic rings. The minimum atomic E-state index is -4.58. The van der Waals surface area contributed by atoms with E-state index in [2.05, 4.69) is 15.3 Å². The van der Waals surface area contributed by atoms with Crippen LogP contribution >= 0.6 is 0 Å². The fourth-order valence-electron chi connectivity index (χ4n) is 1.40. The van der Waals surface area contributed by atoms with Gasteiger partial charge in [0.1, 0.15) is 5.82 Å². The number of anilines is 1. The summed E-state index contributed by atoms with van der Waals surface area (Å²) < 4.78 is 42.8. The summed E-state index contributed by atoms with van der Waals surface area (Å²) in [5.74, 6) is -1.03. The smallest absolute Gasteiger partial charge is 0.451 e. The predicted octanol–water partition coefficient (Wildman–Crippen LogP) is 3.19. The molecule has 0 unspecified atom stereocenters. The van der Waals surface area contributed by atoms with Gasteiger partial charge in [-0.25, -0.2) is 9.97 Å². The van der Waals surface area contributed by atoms with Crippen LogP contribution in [0, 0.1) is 0 Å². The van der Waals surface area contributed by atoms with Crippen molar-refractivity contribution in [2.45, 2.75) is 13.1 Å². The number of furan rings is 1. The van der Waals surface area contributed by atoms with Crippen LogP contribution in [0.15, 0.2) is 29.1 Å². The lowest BCUT2D eigenvalue weighted by Gasteiger charge is -2.09. The molecule has 0 aliphatic carbocycles. The average molecular weight is 257 g/mol. The Morgan fingerprint density at radius 2 is 2.11 bits per heavy atom. The van der Waals surface area contributed by atoms with Crippen molar-refractivity contribution in [2.75, 3.05) is 11.9 Å². The molecular formula is C11H10F3N3O. The molecule has 2 rings (SSSR count). The molecular weight excluding hydrogens is 247 g/mol. The molecule has 0 fully saturated rings. The molecule has 7 heteroatoms. The normalized spacial score (nSPS) is 11.6. The van der Waals surface area contributed by atoms with E-state index in [1.165, 1.54) is 24.7 Å². The van der Waals surface area contributed by atoms with Crippen molar-refractivity contribution in [3.63, 3.8) is 0 Å². The van der Waals surface area contributed by atoms with E-state index in [0.29, 0.717) is 12.1 Å². The first-order valence-electron chi connectivity index (χ1n) is 5.23. The van der Waals surface area contributed by atoms with Gasteiger partial charge in [0.15, 0.2) is 0 Å². The lowest BCUT2D eigenvalue weighted by molar-refractivity contribution is -0.144. The number of alkyl halides is 3. The lowest BCUT2D eigenvalue weighted by Crippen LogP contribution is -2.13. The van der Waals surface area contributed by atoms with Crippen molar-refractivity contribution >= 4 is 5.82 Å². The van der Waals surface area contributed by atoms with Crippen molar-refractivity contribution in [3.05, 3.63) is 30.5 Å². The van der Waals surface area contributed by atoms with Gasteiger partial charge in [-0.05, 0) is 13.0 Å². The highest BCUT2D eigenvalue weighted by Gasteiger charge is 2.35. The molecule has 0 saturated heterocycles. The minimum absolute atomic E-state index is 0.135. The standard InChI is InChI=1S/C11H10F3N3O/c1-2-15-9-5-8(7-3-4-18-6-7)16-10(17-9)11(12,13)14/h3-6H,2H2,1H3,(H,15,16,17). The Bertz CT molecular complexity index is 523. The maximum atomic E-state index is 12.7. The average Bonchev–Trinajstić information content (AvgIpc) is 2.81. The first-order valence-corrected chi connectivity index (χ1v) is 5.23. The summed E-state index contributed by atoms with van der Waals surface area (Å²) in [7, 11) is 0. The summed E-state index contributed by atoms with van der Waals surface area (Å²) in [5, 5.41) is 2.74. The van der Waals surface area contributed by atoms with E-state index in [1.54, 1.807) is 6.92 Å². The zero-order valence-electron chi connectivity index (χ0n) is 9.45. The number of nitrogens with zero attached hydrogens (tertiary/aromatic N) is 2. The second-order valence-corrected chi connectivity index (χ2v) is 3.50. The number of rotatable bonds is 3. The molecule has 0 aromatic carbocycles. The van der Waals surface area contributed by atoms with Crippen molar-refractivity contribution in [3.8, 4) is 11.3 Å². The van der Waals surface area contributed by atoms with Gasteiger partial charge in [-0.2, -0.15) is 13.2 Å². The van der Waals surface area contributed by atoms with Crippen LogP contribution in [0.4, 0.5) is 19.0 Å². The van der Waals surface area contributed by atoms with Gasteiger partial charge in [0.25, 0.3) is 0 Å². The van der Waals surface area contributed by atoms with E-state index in [0.717, 1.165) is 0 Å². The molecule has 4 nitrogen and oxygen atoms in total. The van der Waals surface area contributed by atoms with Gasteiger partial charge in [-0.15, -0.1) is 0 Å². The molecule has 2 aromatic rings. The third-order valence-electron chi connectivity index (χ3n) is 2.15. The number of halogens is 3. The van der Waals surface area contributed by atoms with E-state index >= 15 is 0 Å². The van der Waals surface area contributed by atoms with Crippen LogP contribution in [0.2, 0.25) is 0 Å². The van der Waals surface area contributed by atoms with E-state index in [-0.39, 0.29) is 11.5 Å². The first kappa shape index (κ1) is 12.4. The maximum absolute atomic E-state index is 12.7. The molecule has 0 aliphatic heterocycles. The van der Waals surface area contributed by atoms with E-state index in [1.807, 2.05) is 0 Å². The summed E-state index contributed by atoms with van der Waals surface area (Å²) in [6.07, 6.45) is -1.88. The Morgan fingerprint density at radius 1 is 1.33 bits per heavy atom. The van der Waals surface area contributed by atoms with Gasteiger partial charge >= 0.3 is 6.18 Å². The first-order chi connectivity index (χ1) is 8.50. The largest absolute Gasteiger partial charge is 0.472 e. The monoisotopic (exact) mass is 257 g/mol. The van der Waals surface area contributed by atoms with Gasteiger partial charge in [0, 0.05) is 18.2 Å². The van der Waals surface area contributed by atoms with Crippen LogP contribution in [-0.4, -0.2) is 16.5 Å². The quantitative estimate of drug-likeness (QED) is 0.917. The summed E-state index contributed by atoms with van der Waals surface area (Å²) in [6.45, 7) is 2.24. The summed E-state index contributed by atoms with van der Waals surface area (Å²) >= 11 is 0. The van der Waals surface area contributed by atoms with Crippen LogP contribution in [0.1, 0.15) is 12.7 Å². The molecule has 0 atom stereocenters. The molecule has 0 radical (unpaired) electrons. The van der Waals surface area contributed by atoms with Crippen molar-refractivity contribution in [2.24, 2.45) is 0 Å². The molecule has 0 bridgehead atoms. The number of nitrogens with one attached hydrogen (secondary N) is 1. The molecule has 18 heavy (non-hydrogen) atoms. The highest BCUT2D eigenvalue weighted by Crippen LogP contribution is 2.29. The summed E-state index contributed by atoms with van der Waals surface area (Å²) in [4.78, 5) is 6.92. The molecule has 1 N–H and O–H groups in total. The molecule has 0 spiro atoms. The van der Waals surface area contributed by atoms with E-state index in [4.69, 9.17) is 4.42 Å². The molecule has 0 amide bonds. The Kier molecular flexibility index (Phi) is 3.22. The van der Waals surface area contributed by atoms with Crippen LogP contribution in [0.5, 0.6) is 0 Å². The van der Waals surface area contributed by atoms with E-state index in [9.17, 15) is 13.2 Å². The molecule has 2 aromatic heterocycles. The number of aromatic nitrogens is 2. The van der Waals surface area contributed by atoms with Crippen LogP contribution < -0.4 is 5.32 Å². The van der Waals surface area contributed by atoms with Crippen LogP contribution in [0.25, 0.3) is 11.3 Å². The third kappa shape index (κ3) is 2.61. The van der Waals surface area contributed by atoms with Crippen molar-refractivity contribution < 1.29 is 17.6 Å². The van der Waals surface area contributed by atoms with Crippen molar-refractivity contribution in [1.29, 1.82) is 0 Å². The second kappa shape index (κ2) is 4.67. The summed E-state index contributed by atoms with van der Waals surface area (Å²) in [5.41, 5.74) is 0.643. The van der Waals surface area contributed by atoms with Gasteiger partial charge in [-0.1, -0.05) is 0 Å². The topological polar surface area (TPSA) is 51.0 Å². The summed E-state index contributed by atoms with van der Waals surface area (Å²) in [6, 6.07) is 2.99. The Morgan fingerprint density at radius 3 is 2.67 bits per heavy atom. The highest BCUT2D eigenvalue weighted by atomic mass is 19.4. The molecule has 0 saturated carbocycles. The van der Waals surface area contributed by atoms with E-state index < -0.39 is 12.0 Å². The van der Waals surface area contributed by atoms with Crippen molar-refractivity contribution in [1.82, 2.24) is 9.97 Å². The number of hydrogen-bond acceptors (Lipinski definition) is 4. The fourth-order valence-corrected chi connectivity index (χ4v) is 1.40. The number of hydrogen-bond donors (Lipinski definition) is 1. The lowest BCUT2D eigenvalue weighted by atomic mass is 10.2. The van der Waals surface area contributed by atoms with Gasteiger partial charge in [0.2, 0.25) is 5.82 Å². The van der Waals surface area contributed by atoms with Crippen LogP contribution in [0.3, 0.4) is 0 Å². The fraction of sp³-hybridized carbons (Fsp3) is 0.273. The zero-order valence-corrected chi connectivity index (χ0v) is 9.45. The predicted molar refractivity (Wildman–Crippen MR) is 58.9 cm³/mol.